The van der Waals surface area contributed by atoms with Crippen molar-refractivity contribution in [3.8, 4) is 11.5 Å². The Morgan fingerprint density at radius 2 is 1.63 bits per heavy atom. The third-order valence-corrected chi connectivity index (χ3v) is 6.78. The van der Waals surface area contributed by atoms with E-state index in [0.717, 1.165) is 5.56 Å². The highest BCUT2D eigenvalue weighted by Crippen LogP contribution is 2.44. The van der Waals surface area contributed by atoms with Crippen molar-refractivity contribution in [2.45, 2.75) is 19.5 Å². The predicted octanol–water partition coefficient (Wildman–Crippen LogP) is 5.07. The first kappa shape index (κ1) is 26.8. The Morgan fingerprint density at radius 3 is 2.24 bits per heavy atom. The van der Waals surface area contributed by atoms with E-state index in [1.165, 1.54) is 38.4 Å². The molecule has 8 nitrogen and oxygen atoms in total. The number of Topliss-reactive ketones (excluding diaryl/α,β-unsaturated/α-hetero) is 1. The summed E-state index contributed by atoms with van der Waals surface area (Å²) in [6.07, 6.45) is 0. The lowest BCUT2D eigenvalue weighted by Gasteiger charge is -2.27. The highest BCUT2D eigenvalue weighted by atomic mass is 35.5. The van der Waals surface area contributed by atoms with Crippen molar-refractivity contribution in [3.05, 3.63) is 99.1 Å². The smallest absolute Gasteiger partial charge is 0.337 e. The number of likely N-dealkylation sites (tertiary alicyclic amines) is 1. The molecule has 1 saturated heterocycles. The molecule has 1 aliphatic rings. The molecule has 0 bridgehead atoms. The summed E-state index contributed by atoms with van der Waals surface area (Å²) in [6.45, 7) is 1.93. The van der Waals surface area contributed by atoms with Crippen LogP contribution in [-0.2, 0) is 20.9 Å². The van der Waals surface area contributed by atoms with Crippen LogP contribution in [0.3, 0.4) is 0 Å². The van der Waals surface area contributed by atoms with Crippen LogP contribution < -0.4 is 9.47 Å². The number of halogens is 1. The van der Waals surface area contributed by atoms with Gasteiger partial charge in [0.25, 0.3) is 11.7 Å². The van der Waals surface area contributed by atoms with Crippen LogP contribution in [0, 0.1) is 6.92 Å². The van der Waals surface area contributed by atoms with Crippen molar-refractivity contribution in [2.75, 3.05) is 21.3 Å². The Balaban J connectivity index is 1.88. The number of ether oxygens (including phenoxy) is 3. The summed E-state index contributed by atoms with van der Waals surface area (Å²) in [4.78, 5) is 40.1. The summed E-state index contributed by atoms with van der Waals surface area (Å²) in [6, 6.07) is 15.9. The Morgan fingerprint density at radius 1 is 0.974 bits per heavy atom. The summed E-state index contributed by atoms with van der Waals surface area (Å²) in [5.41, 5.74) is 2.63. The van der Waals surface area contributed by atoms with Gasteiger partial charge in [-0.1, -0.05) is 48.0 Å². The maximum Gasteiger partial charge on any atom is 0.337 e. The van der Waals surface area contributed by atoms with E-state index < -0.39 is 29.5 Å². The number of hydrogen-bond donors (Lipinski definition) is 1. The average molecular weight is 536 g/mol. The lowest BCUT2D eigenvalue weighted by atomic mass is 9.92. The number of carbonyl (C=O) groups excluding carboxylic acids is 3. The normalized spacial score (nSPS) is 16.4. The first-order valence-electron chi connectivity index (χ1n) is 11.6. The van der Waals surface area contributed by atoms with E-state index in [-0.39, 0.29) is 34.2 Å². The highest BCUT2D eigenvalue weighted by Gasteiger charge is 2.46. The topological polar surface area (TPSA) is 102 Å². The zero-order valence-corrected chi connectivity index (χ0v) is 22.0. The van der Waals surface area contributed by atoms with Gasteiger partial charge in [-0.25, -0.2) is 4.79 Å². The van der Waals surface area contributed by atoms with Crippen molar-refractivity contribution >= 4 is 35.0 Å². The SMILES string of the molecule is COC(=O)c1ccc(CN2C(=O)C(=O)/C(=C(/O)c3cc(OC)c(Cl)cc3OC)C2c2ccccc2C)cc1. The second-order valence-corrected chi connectivity index (χ2v) is 9.07. The van der Waals surface area contributed by atoms with Gasteiger partial charge in [-0.05, 0) is 41.8 Å². The van der Waals surface area contributed by atoms with Crippen molar-refractivity contribution in [1.82, 2.24) is 4.90 Å². The van der Waals surface area contributed by atoms with Crippen LogP contribution in [0.15, 0.2) is 66.2 Å². The van der Waals surface area contributed by atoms with Crippen LogP contribution in [0.25, 0.3) is 5.76 Å². The molecule has 3 aromatic carbocycles. The third kappa shape index (κ3) is 4.82. The molecule has 3 aromatic rings. The Hall–Kier alpha value is -4.30. The number of rotatable bonds is 7. The Bertz CT molecular complexity index is 1450. The molecule has 196 valence electrons. The first-order valence-corrected chi connectivity index (χ1v) is 12.0. The van der Waals surface area contributed by atoms with Gasteiger partial charge in [-0.2, -0.15) is 0 Å². The molecular formula is C29H26ClNO7. The van der Waals surface area contributed by atoms with Gasteiger partial charge >= 0.3 is 5.97 Å². The van der Waals surface area contributed by atoms with E-state index in [0.29, 0.717) is 16.7 Å². The fraction of sp³-hybridized carbons (Fsp3) is 0.207. The minimum Gasteiger partial charge on any atom is -0.507 e. The molecular weight excluding hydrogens is 510 g/mol. The number of carbonyl (C=O) groups is 3. The number of nitrogens with zero attached hydrogens (tertiary/aromatic N) is 1. The van der Waals surface area contributed by atoms with Crippen molar-refractivity contribution in [3.63, 3.8) is 0 Å². The lowest BCUT2D eigenvalue weighted by Crippen LogP contribution is -2.29. The number of aryl methyl sites for hydroxylation is 1. The van der Waals surface area contributed by atoms with Gasteiger partial charge in [0, 0.05) is 12.6 Å². The molecule has 0 aliphatic carbocycles. The number of aliphatic hydroxyl groups excluding tert-OH is 1. The molecule has 4 rings (SSSR count). The molecule has 1 atom stereocenters. The standard InChI is InChI=1S/C29H26ClNO7/c1-16-7-5-6-8-19(16)25-24(26(32)20-13-23(37-3)21(30)14-22(20)36-2)27(33)28(34)31(25)15-17-9-11-18(12-10-17)29(35)38-4/h5-14,25,32H,15H2,1-4H3/b26-24+. The molecule has 38 heavy (non-hydrogen) atoms. The Labute approximate surface area is 225 Å². The van der Waals surface area contributed by atoms with Gasteiger partial charge in [0.15, 0.2) is 0 Å². The van der Waals surface area contributed by atoms with Gasteiger partial charge in [0.1, 0.15) is 17.3 Å². The van der Waals surface area contributed by atoms with E-state index >= 15 is 0 Å². The highest BCUT2D eigenvalue weighted by molar-refractivity contribution is 6.46. The zero-order valence-electron chi connectivity index (χ0n) is 21.3. The second kappa shape index (κ2) is 11.0. The molecule has 1 heterocycles. The van der Waals surface area contributed by atoms with E-state index in [1.807, 2.05) is 25.1 Å². The number of ketones is 1. The minimum absolute atomic E-state index is 0.0584. The molecule has 0 aromatic heterocycles. The largest absolute Gasteiger partial charge is 0.507 e. The summed E-state index contributed by atoms with van der Waals surface area (Å²) >= 11 is 6.23. The summed E-state index contributed by atoms with van der Waals surface area (Å²) in [7, 11) is 4.13. The first-order chi connectivity index (χ1) is 18.2. The van der Waals surface area contributed by atoms with Crippen LogP contribution in [-0.4, -0.2) is 49.0 Å². The molecule has 0 spiro atoms. The van der Waals surface area contributed by atoms with Crippen LogP contribution in [0.5, 0.6) is 11.5 Å². The second-order valence-electron chi connectivity index (χ2n) is 8.66. The molecule has 0 radical (unpaired) electrons. The number of benzene rings is 3. The van der Waals surface area contributed by atoms with Gasteiger partial charge in [-0.3, -0.25) is 9.59 Å². The molecule has 0 saturated carbocycles. The maximum absolute atomic E-state index is 13.5. The molecule has 1 unspecified atom stereocenters. The number of hydrogen-bond acceptors (Lipinski definition) is 7. The van der Waals surface area contributed by atoms with Gasteiger partial charge in [-0.15, -0.1) is 0 Å². The quantitative estimate of drug-likeness (QED) is 0.195. The average Bonchev–Trinajstić information content (AvgIpc) is 3.17. The molecule has 1 amide bonds. The molecule has 1 N–H and O–H groups in total. The fourth-order valence-electron chi connectivity index (χ4n) is 4.51. The predicted molar refractivity (Wildman–Crippen MR) is 141 cm³/mol. The van der Waals surface area contributed by atoms with Gasteiger partial charge in [0.05, 0.1) is 49.1 Å². The van der Waals surface area contributed by atoms with Gasteiger partial charge in [0.2, 0.25) is 0 Å². The van der Waals surface area contributed by atoms with E-state index in [9.17, 15) is 19.5 Å². The Kier molecular flexibility index (Phi) is 7.73. The summed E-state index contributed by atoms with van der Waals surface area (Å²) < 4.78 is 15.5. The maximum atomic E-state index is 13.5. The van der Waals surface area contributed by atoms with Crippen LogP contribution >= 0.6 is 11.6 Å². The molecule has 9 heteroatoms. The molecule has 1 fully saturated rings. The van der Waals surface area contributed by atoms with Crippen LogP contribution in [0.1, 0.15) is 38.7 Å². The van der Waals surface area contributed by atoms with Crippen LogP contribution in [0.2, 0.25) is 5.02 Å². The van der Waals surface area contributed by atoms with E-state index in [4.69, 9.17) is 25.8 Å². The summed E-state index contributed by atoms with van der Waals surface area (Å²) in [5.74, 6) is -2.02. The monoisotopic (exact) mass is 535 g/mol. The molecule has 1 aliphatic heterocycles. The van der Waals surface area contributed by atoms with E-state index in [1.54, 1.807) is 30.3 Å². The third-order valence-electron chi connectivity index (χ3n) is 6.48. The number of aliphatic hydroxyl groups is 1. The number of esters is 1. The number of amides is 1. The minimum atomic E-state index is -0.886. The van der Waals surface area contributed by atoms with E-state index in [2.05, 4.69) is 0 Å². The van der Waals surface area contributed by atoms with Crippen molar-refractivity contribution < 1.29 is 33.7 Å². The van der Waals surface area contributed by atoms with Crippen molar-refractivity contribution in [1.29, 1.82) is 0 Å². The zero-order chi connectivity index (χ0) is 27.6. The summed E-state index contributed by atoms with van der Waals surface area (Å²) in [5, 5.41) is 11.8. The van der Waals surface area contributed by atoms with Gasteiger partial charge < -0.3 is 24.2 Å². The van der Waals surface area contributed by atoms with Crippen LogP contribution in [0.4, 0.5) is 0 Å². The fourth-order valence-corrected chi connectivity index (χ4v) is 4.74. The lowest BCUT2D eigenvalue weighted by molar-refractivity contribution is -0.140. The van der Waals surface area contributed by atoms with Crippen molar-refractivity contribution in [2.24, 2.45) is 0 Å². The number of methoxy groups -OCH3 is 3.